The van der Waals surface area contributed by atoms with Crippen molar-refractivity contribution in [3.63, 3.8) is 0 Å². The number of carbonyl (C=O) groups is 1. The zero-order valence-electron chi connectivity index (χ0n) is 14.5. The van der Waals surface area contributed by atoms with Crippen LogP contribution < -0.4 is 9.64 Å². The van der Waals surface area contributed by atoms with Crippen molar-refractivity contribution in [3.05, 3.63) is 42.3 Å². The van der Waals surface area contributed by atoms with Gasteiger partial charge in [-0.05, 0) is 30.3 Å². The maximum absolute atomic E-state index is 13.9. The average molecular weight is 383 g/mol. The molecule has 0 atom stereocenters. The van der Waals surface area contributed by atoms with Gasteiger partial charge < -0.3 is 14.5 Å². The zero-order valence-corrected chi connectivity index (χ0v) is 14.5. The number of hydrogen-bond acceptors (Lipinski definition) is 4. The summed E-state index contributed by atoms with van der Waals surface area (Å²) in [5.74, 6) is -1.98. The molecule has 27 heavy (non-hydrogen) atoms. The van der Waals surface area contributed by atoms with Crippen molar-refractivity contribution >= 4 is 11.6 Å². The van der Waals surface area contributed by atoms with E-state index < -0.39 is 17.9 Å². The Bertz CT molecular complexity index is 834. The Balaban J connectivity index is 1.78. The fourth-order valence-corrected chi connectivity index (χ4v) is 2.92. The SMILES string of the molecule is CC(=O)N1CCN(c2ccnc(-c3ccc(OC(F)(F)F)c(F)c3)c2)CC1. The van der Waals surface area contributed by atoms with Crippen LogP contribution in [0.25, 0.3) is 11.3 Å². The lowest BCUT2D eigenvalue weighted by Crippen LogP contribution is -2.48. The lowest BCUT2D eigenvalue weighted by Gasteiger charge is -2.35. The maximum atomic E-state index is 13.9. The molecule has 1 aromatic heterocycles. The van der Waals surface area contributed by atoms with Gasteiger partial charge in [-0.15, -0.1) is 13.2 Å². The minimum absolute atomic E-state index is 0.0294. The fourth-order valence-electron chi connectivity index (χ4n) is 2.92. The van der Waals surface area contributed by atoms with Crippen LogP contribution in [0.3, 0.4) is 0 Å². The van der Waals surface area contributed by atoms with E-state index in [9.17, 15) is 22.4 Å². The van der Waals surface area contributed by atoms with Crippen LogP contribution in [0.15, 0.2) is 36.5 Å². The number of anilines is 1. The number of aromatic nitrogens is 1. The molecule has 2 aromatic rings. The molecular formula is C18H17F4N3O2. The van der Waals surface area contributed by atoms with E-state index >= 15 is 0 Å². The van der Waals surface area contributed by atoms with Gasteiger partial charge in [0.2, 0.25) is 5.91 Å². The number of halogens is 4. The summed E-state index contributed by atoms with van der Waals surface area (Å²) in [7, 11) is 0. The second-order valence-corrected chi connectivity index (χ2v) is 6.09. The number of hydrogen-bond donors (Lipinski definition) is 0. The van der Waals surface area contributed by atoms with E-state index in [-0.39, 0.29) is 5.91 Å². The van der Waals surface area contributed by atoms with Gasteiger partial charge in [-0.3, -0.25) is 9.78 Å². The fraction of sp³-hybridized carbons (Fsp3) is 0.333. The molecule has 0 spiro atoms. The summed E-state index contributed by atoms with van der Waals surface area (Å²) in [6.07, 6.45) is -3.40. The number of nitrogens with zero attached hydrogens (tertiary/aromatic N) is 3. The molecule has 0 saturated carbocycles. The van der Waals surface area contributed by atoms with Crippen molar-refractivity contribution in [1.29, 1.82) is 0 Å². The third-order valence-electron chi connectivity index (χ3n) is 4.29. The Labute approximate surface area is 153 Å². The normalized spacial score (nSPS) is 15.0. The predicted octanol–water partition coefficient (Wildman–Crippen LogP) is 3.45. The highest BCUT2D eigenvalue weighted by Gasteiger charge is 2.32. The monoisotopic (exact) mass is 383 g/mol. The van der Waals surface area contributed by atoms with Gasteiger partial charge in [0.1, 0.15) is 0 Å². The Morgan fingerprint density at radius 1 is 1.11 bits per heavy atom. The molecule has 1 saturated heterocycles. The number of amides is 1. The van der Waals surface area contributed by atoms with Crippen molar-refractivity contribution in [1.82, 2.24) is 9.88 Å². The summed E-state index contributed by atoms with van der Waals surface area (Å²) in [5, 5.41) is 0. The molecule has 0 bridgehead atoms. The molecule has 0 aliphatic carbocycles. The molecule has 9 heteroatoms. The van der Waals surface area contributed by atoms with E-state index in [1.165, 1.54) is 13.0 Å². The van der Waals surface area contributed by atoms with Gasteiger partial charge in [-0.1, -0.05) is 0 Å². The third kappa shape index (κ3) is 4.66. The second-order valence-electron chi connectivity index (χ2n) is 6.09. The Kier molecular flexibility index (Phi) is 5.20. The van der Waals surface area contributed by atoms with Crippen molar-refractivity contribution in [2.75, 3.05) is 31.1 Å². The summed E-state index contributed by atoms with van der Waals surface area (Å²) < 4.78 is 54.3. The minimum Gasteiger partial charge on any atom is -0.403 e. The van der Waals surface area contributed by atoms with Crippen LogP contribution in [-0.2, 0) is 4.79 Å². The molecule has 0 N–H and O–H groups in total. The molecule has 1 fully saturated rings. The first kappa shape index (κ1) is 18.9. The van der Waals surface area contributed by atoms with Gasteiger partial charge in [0.25, 0.3) is 0 Å². The van der Waals surface area contributed by atoms with Crippen LogP contribution in [-0.4, -0.2) is 48.3 Å². The summed E-state index contributed by atoms with van der Waals surface area (Å²) in [5.41, 5.74) is 1.62. The molecule has 1 amide bonds. The lowest BCUT2D eigenvalue weighted by atomic mass is 10.1. The Morgan fingerprint density at radius 3 is 2.41 bits per heavy atom. The highest BCUT2D eigenvalue weighted by molar-refractivity contribution is 5.73. The van der Waals surface area contributed by atoms with Crippen LogP contribution in [0.4, 0.5) is 23.2 Å². The quantitative estimate of drug-likeness (QED) is 0.762. The maximum Gasteiger partial charge on any atom is 0.573 e. The van der Waals surface area contributed by atoms with Crippen molar-refractivity contribution in [2.24, 2.45) is 0 Å². The van der Waals surface area contributed by atoms with E-state index in [2.05, 4.69) is 14.6 Å². The van der Waals surface area contributed by atoms with Gasteiger partial charge in [0, 0.05) is 50.6 Å². The minimum atomic E-state index is -4.96. The number of ether oxygens (including phenoxy) is 1. The van der Waals surface area contributed by atoms with Gasteiger partial charge >= 0.3 is 6.36 Å². The van der Waals surface area contributed by atoms with E-state index in [4.69, 9.17) is 0 Å². The third-order valence-corrected chi connectivity index (χ3v) is 4.29. The van der Waals surface area contributed by atoms with Crippen LogP contribution in [0.1, 0.15) is 6.92 Å². The number of pyridine rings is 1. The summed E-state index contributed by atoms with van der Waals surface area (Å²) in [6.45, 7) is 4.03. The molecule has 2 heterocycles. The first-order valence-electron chi connectivity index (χ1n) is 8.25. The van der Waals surface area contributed by atoms with Gasteiger partial charge in [0.15, 0.2) is 11.6 Å². The smallest absolute Gasteiger partial charge is 0.403 e. The van der Waals surface area contributed by atoms with E-state index in [1.807, 2.05) is 0 Å². The zero-order chi connectivity index (χ0) is 19.6. The van der Waals surface area contributed by atoms with Gasteiger partial charge in [-0.2, -0.15) is 0 Å². The van der Waals surface area contributed by atoms with Crippen molar-refractivity contribution in [2.45, 2.75) is 13.3 Å². The topological polar surface area (TPSA) is 45.7 Å². The van der Waals surface area contributed by atoms with Crippen LogP contribution in [0.5, 0.6) is 5.75 Å². The van der Waals surface area contributed by atoms with Crippen molar-refractivity contribution < 1.29 is 27.1 Å². The van der Waals surface area contributed by atoms with Gasteiger partial charge in [0.05, 0.1) is 5.69 Å². The molecule has 144 valence electrons. The summed E-state index contributed by atoms with van der Waals surface area (Å²) in [6, 6.07) is 6.75. The molecule has 0 unspecified atom stereocenters. The van der Waals surface area contributed by atoms with Crippen LogP contribution in [0.2, 0.25) is 0 Å². The molecular weight excluding hydrogens is 366 g/mol. The molecule has 0 radical (unpaired) electrons. The first-order chi connectivity index (χ1) is 12.7. The summed E-state index contributed by atoms with van der Waals surface area (Å²) >= 11 is 0. The van der Waals surface area contributed by atoms with E-state index in [1.54, 1.807) is 23.2 Å². The van der Waals surface area contributed by atoms with Crippen LogP contribution in [0, 0.1) is 5.82 Å². The van der Waals surface area contributed by atoms with Gasteiger partial charge in [-0.25, -0.2) is 4.39 Å². The number of carbonyl (C=O) groups excluding carboxylic acids is 1. The van der Waals surface area contributed by atoms with Crippen LogP contribution >= 0.6 is 0 Å². The average Bonchev–Trinajstić information content (AvgIpc) is 2.62. The number of rotatable bonds is 3. The largest absolute Gasteiger partial charge is 0.573 e. The Hall–Kier alpha value is -2.84. The highest BCUT2D eigenvalue weighted by atomic mass is 19.4. The lowest BCUT2D eigenvalue weighted by molar-refractivity contribution is -0.275. The molecule has 5 nitrogen and oxygen atoms in total. The predicted molar refractivity (Wildman–Crippen MR) is 90.8 cm³/mol. The standard InChI is InChI=1S/C18H17F4N3O2/c1-12(26)24-6-8-25(9-7-24)14-4-5-23-16(11-14)13-2-3-17(15(19)10-13)27-18(20,21)22/h2-5,10-11H,6-9H2,1H3. The molecule has 3 rings (SSSR count). The first-order valence-corrected chi connectivity index (χ1v) is 8.25. The van der Waals surface area contributed by atoms with E-state index in [0.717, 1.165) is 17.8 Å². The van der Waals surface area contributed by atoms with Crippen molar-refractivity contribution in [3.8, 4) is 17.0 Å². The number of piperazine rings is 1. The second kappa shape index (κ2) is 7.42. The molecule has 1 aliphatic heterocycles. The highest BCUT2D eigenvalue weighted by Crippen LogP contribution is 2.30. The number of benzene rings is 1. The molecule has 1 aromatic carbocycles. The Morgan fingerprint density at radius 2 is 1.81 bits per heavy atom. The van der Waals surface area contributed by atoms with E-state index in [0.29, 0.717) is 37.4 Å². The number of alkyl halides is 3. The summed E-state index contributed by atoms with van der Waals surface area (Å²) in [4.78, 5) is 19.4. The molecule has 1 aliphatic rings.